The lowest BCUT2D eigenvalue weighted by atomic mass is 10.2. The minimum Gasteiger partial charge on any atom is -0.496 e. The van der Waals surface area contributed by atoms with E-state index in [-0.39, 0.29) is 57.0 Å². The van der Waals surface area contributed by atoms with Crippen LogP contribution < -0.4 is 11.5 Å². The van der Waals surface area contributed by atoms with Crippen molar-refractivity contribution in [2.45, 2.75) is 50.0 Å². The maximum atomic E-state index is 11.3. The van der Waals surface area contributed by atoms with Gasteiger partial charge in [-0.1, -0.05) is 13.2 Å². The topological polar surface area (TPSA) is 279 Å². The predicted octanol–water partition coefficient (Wildman–Crippen LogP) is -2.79. The highest BCUT2D eigenvalue weighted by Crippen LogP contribution is 2.07. The number of rotatable bonds is 20. The van der Waals surface area contributed by atoms with E-state index in [1.807, 2.05) is 0 Å². The lowest BCUT2D eigenvalue weighted by molar-refractivity contribution is -0.153. The maximum Gasteiger partial charge on any atom is 0.324 e. The summed E-state index contributed by atoms with van der Waals surface area (Å²) in [7, 11) is 0. The van der Waals surface area contributed by atoms with E-state index in [0.29, 0.717) is 0 Å². The third kappa shape index (κ3) is 20.9. The molecule has 0 heterocycles. The first-order chi connectivity index (χ1) is 17.8. The van der Waals surface area contributed by atoms with Gasteiger partial charge in [0.15, 0.2) is 0 Å². The zero-order valence-electron chi connectivity index (χ0n) is 20.9. The summed E-state index contributed by atoms with van der Waals surface area (Å²) in [4.78, 5) is 43.3. The number of carboxylic acid groups (broad SMARTS) is 2. The van der Waals surface area contributed by atoms with E-state index in [1.54, 1.807) is 0 Å². The van der Waals surface area contributed by atoms with Gasteiger partial charge < -0.3 is 61.1 Å². The van der Waals surface area contributed by atoms with Crippen LogP contribution in [-0.2, 0) is 38.1 Å². The molecule has 0 radical (unpaired) electrons. The monoisotopic (exact) mass is 554 g/mol. The highest BCUT2D eigenvalue weighted by Gasteiger charge is 2.15. The Balaban J connectivity index is 0. The van der Waals surface area contributed by atoms with Gasteiger partial charge in [-0.05, 0) is 0 Å². The minimum absolute atomic E-state index is 0.0285. The Labute approximate surface area is 219 Å². The molecule has 0 rings (SSSR count). The van der Waals surface area contributed by atoms with E-state index in [4.69, 9.17) is 56.3 Å². The van der Waals surface area contributed by atoms with Gasteiger partial charge in [0, 0.05) is 12.8 Å². The number of carbonyl (C=O) groups excluding carboxylic acids is 2. The van der Waals surface area contributed by atoms with Crippen molar-refractivity contribution in [3.8, 4) is 0 Å². The SMILES string of the molecule is C=C(CCC(=O)OC(CO)CO)OC[C@H](N)C(=O)O.C=C(CCC(=O)OCC(O)CO)OC[C@H](N)C(=O)O. The number of hydrogen-bond donors (Lipinski definition) is 8. The molecule has 0 fully saturated rings. The van der Waals surface area contributed by atoms with Gasteiger partial charge in [-0.2, -0.15) is 0 Å². The summed E-state index contributed by atoms with van der Waals surface area (Å²) in [5, 5.41) is 51.9. The molecule has 220 valence electrons. The smallest absolute Gasteiger partial charge is 0.324 e. The van der Waals surface area contributed by atoms with Gasteiger partial charge in [-0.25, -0.2) is 0 Å². The highest BCUT2D eigenvalue weighted by molar-refractivity contribution is 5.73. The van der Waals surface area contributed by atoms with Crippen LogP contribution in [0, 0.1) is 0 Å². The molecular formula is C22H38N2O14. The molecule has 1 unspecified atom stereocenters. The molecule has 0 aromatic carbocycles. The molecule has 0 saturated carbocycles. The van der Waals surface area contributed by atoms with Crippen molar-refractivity contribution in [3.63, 3.8) is 0 Å². The van der Waals surface area contributed by atoms with Gasteiger partial charge >= 0.3 is 23.9 Å². The molecule has 0 saturated heterocycles. The Morgan fingerprint density at radius 1 is 0.658 bits per heavy atom. The van der Waals surface area contributed by atoms with Crippen LogP contribution in [0.5, 0.6) is 0 Å². The van der Waals surface area contributed by atoms with Crippen LogP contribution in [-0.4, -0.2) is 118 Å². The molecule has 16 nitrogen and oxygen atoms in total. The Hall–Kier alpha value is -3.28. The number of nitrogens with two attached hydrogens (primary N) is 2. The summed E-state index contributed by atoms with van der Waals surface area (Å²) in [5.74, 6) is -3.17. The first-order valence-corrected chi connectivity index (χ1v) is 11.2. The number of esters is 2. The quantitative estimate of drug-likeness (QED) is 0.0557. The summed E-state index contributed by atoms with van der Waals surface area (Å²) in [6, 6.07) is -2.31. The number of aliphatic carboxylic acids is 2. The Morgan fingerprint density at radius 3 is 1.45 bits per heavy atom. The minimum atomic E-state index is -1.19. The van der Waals surface area contributed by atoms with Gasteiger partial charge in [-0.3, -0.25) is 19.2 Å². The molecule has 0 aromatic rings. The van der Waals surface area contributed by atoms with Crippen molar-refractivity contribution in [1.82, 2.24) is 0 Å². The van der Waals surface area contributed by atoms with Gasteiger partial charge in [0.2, 0.25) is 0 Å². The zero-order chi connectivity index (χ0) is 29.7. The molecule has 0 aliphatic carbocycles. The predicted molar refractivity (Wildman–Crippen MR) is 128 cm³/mol. The normalized spacial score (nSPS) is 12.7. The molecule has 0 aliphatic heterocycles. The van der Waals surface area contributed by atoms with E-state index < -0.39 is 68.0 Å². The fourth-order valence-electron chi connectivity index (χ4n) is 1.88. The van der Waals surface area contributed by atoms with Crippen LogP contribution >= 0.6 is 0 Å². The summed E-state index contributed by atoms with van der Waals surface area (Å²) >= 11 is 0. The average molecular weight is 555 g/mol. The van der Waals surface area contributed by atoms with Gasteiger partial charge in [0.1, 0.15) is 44.1 Å². The standard InChI is InChI=1S/2C11H19NO7/c1-7(18-6-9(12)11(16)17)2-3-10(15)19-5-8(14)4-13;1-7(18-6-9(12)11(16)17)2-3-10(15)19-8(4-13)5-14/h2*8-9,13-14H,1-6,12H2,(H,16,17)/t8?,9-;9-/m00/s1. The van der Waals surface area contributed by atoms with Gasteiger partial charge in [0.25, 0.3) is 0 Å². The second kappa shape index (κ2) is 21.8. The van der Waals surface area contributed by atoms with E-state index in [2.05, 4.69) is 17.9 Å². The second-order valence-corrected chi connectivity index (χ2v) is 7.59. The number of aliphatic hydroxyl groups excluding tert-OH is 4. The number of allylic oxidation sites excluding steroid dienone is 2. The third-order valence-electron chi connectivity index (χ3n) is 4.14. The molecule has 3 atom stereocenters. The van der Waals surface area contributed by atoms with Crippen molar-refractivity contribution in [2.24, 2.45) is 11.5 Å². The van der Waals surface area contributed by atoms with Crippen LogP contribution in [0.15, 0.2) is 24.7 Å². The van der Waals surface area contributed by atoms with Crippen LogP contribution in [0.3, 0.4) is 0 Å². The summed E-state index contributed by atoms with van der Waals surface area (Å²) in [6.45, 7) is 4.83. The Morgan fingerprint density at radius 2 is 1.08 bits per heavy atom. The van der Waals surface area contributed by atoms with Gasteiger partial charge in [-0.15, -0.1) is 0 Å². The number of carbonyl (C=O) groups is 4. The number of aliphatic hydroxyl groups is 4. The number of hydrogen-bond acceptors (Lipinski definition) is 14. The fraction of sp³-hybridized carbons (Fsp3) is 0.636. The van der Waals surface area contributed by atoms with Crippen LogP contribution in [0.25, 0.3) is 0 Å². The number of carboxylic acids is 2. The molecule has 0 aliphatic rings. The molecule has 16 heteroatoms. The zero-order valence-corrected chi connectivity index (χ0v) is 20.9. The van der Waals surface area contributed by atoms with Crippen molar-refractivity contribution in [3.05, 3.63) is 24.7 Å². The largest absolute Gasteiger partial charge is 0.496 e. The lowest BCUT2D eigenvalue weighted by Gasteiger charge is -2.14. The average Bonchev–Trinajstić information content (AvgIpc) is 2.89. The van der Waals surface area contributed by atoms with E-state index in [0.717, 1.165) is 0 Å². The molecule has 10 N–H and O–H groups in total. The highest BCUT2D eigenvalue weighted by atomic mass is 16.6. The first-order valence-electron chi connectivity index (χ1n) is 11.2. The Kier molecular flexibility index (Phi) is 21.1. The van der Waals surface area contributed by atoms with Crippen molar-refractivity contribution in [2.75, 3.05) is 39.6 Å². The third-order valence-corrected chi connectivity index (χ3v) is 4.14. The van der Waals surface area contributed by atoms with E-state index in [9.17, 15) is 19.2 Å². The summed E-state index contributed by atoms with van der Waals surface area (Å²) < 4.78 is 19.3. The molecule has 0 bridgehead atoms. The molecule has 0 aromatic heterocycles. The first kappa shape index (κ1) is 36.9. The van der Waals surface area contributed by atoms with Crippen molar-refractivity contribution >= 4 is 23.9 Å². The second-order valence-electron chi connectivity index (χ2n) is 7.59. The summed E-state index contributed by atoms with van der Waals surface area (Å²) in [6.07, 6.45) is -1.84. The maximum absolute atomic E-state index is 11.3. The molecule has 0 spiro atoms. The van der Waals surface area contributed by atoms with E-state index in [1.165, 1.54) is 0 Å². The van der Waals surface area contributed by atoms with Crippen molar-refractivity contribution in [1.29, 1.82) is 0 Å². The van der Waals surface area contributed by atoms with Gasteiger partial charge in [0.05, 0.1) is 44.2 Å². The van der Waals surface area contributed by atoms with Crippen LogP contribution in [0.4, 0.5) is 0 Å². The molecule has 0 amide bonds. The summed E-state index contributed by atoms with van der Waals surface area (Å²) in [5.41, 5.74) is 10.4. The fourth-order valence-corrected chi connectivity index (χ4v) is 1.88. The van der Waals surface area contributed by atoms with Crippen LogP contribution in [0.2, 0.25) is 0 Å². The van der Waals surface area contributed by atoms with E-state index >= 15 is 0 Å². The Bertz CT molecular complexity index is 756. The van der Waals surface area contributed by atoms with Crippen LogP contribution in [0.1, 0.15) is 25.7 Å². The number of ether oxygens (including phenoxy) is 4. The molecule has 38 heavy (non-hydrogen) atoms. The van der Waals surface area contributed by atoms with Crippen molar-refractivity contribution < 1.29 is 68.8 Å². The molecular weight excluding hydrogens is 516 g/mol. The lowest BCUT2D eigenvalue weighted by Crippen LogP contribution is -2.34.